The van der Waals surface area contributed by atoms with Gasteiger partial charge in [-0.3, -0.25) is 9.59 Å². The molecule has 0 fully saturated rings. The zero-order valence-electron chi connectivity index (χ0n) is 19.7. The third-order valence-corrected chi connectivity index (χ3v) is 5.41. The van der Waals surface area contributed by atoms with Crippen LogP contribution in [0.3, 0.4) is 0 Å². The lowest BCUT2D eigenvalue weighted by molar-refractivity contribution is -0.165. The Bertz CT molecular complexity index is 1140. The molecule has 0 saturated heterocycles. The van der Waals surface area contributed by atoms with Gasteiger partial charge in [0.05, 0.1) is 23.4 Å². The van der Waals surface area contributed by atoms with E-state index in [0.29, 0.717) is 6.42 Å². The Hall–Kier alpha value is -3.67. The molecular formula is C24H25F3N2O6S. The third kappa shape index (κ3) is 8.22. The van der Waals surface area contributed by atoms with Crippen molar-refractivity contribution in [3.8, 4) is 0 Å². The summed E-state index contributed by atoms with van der Waals surface area (Å²) in [6.07, 6.45) is -3.39. The number of ketones is 1. The first-order valence-electron chi connectivity index (χ1n) is 10.8. The molecule has 2 N–H and O–H groups in total. The van der Waals surface area contributed by atoms with Crippen LogP contribution in [0.1, 0.15) is 47.1 Å². The summed E-state index contributed by atoms with van der Waals surface area (Å²) in [5.41, 5.74) is 0.982. The minimum atomic E-state index is -5.02. The molecule has 194 valence electrons. The summed E-state index contributed by atoms with van der Waals surface area (Å²) in [4.78, 5) is 48.3. The number of para-hydroxylation sites is 1. The van der Waals surface area contributed by atoms with E-state index in [-0.39, 0.29) is 40.4 Å². The number of hydrogen-bond acceptors (Lipinski definition) is 8. The number of allylic oxidation sites excluding steroid dienone is 1. The lowest BCUT2D eigenvalue weighted by Crippen LogP contribution is -2.22. The number of esters is 2. The Balaban J connectivity index is 2.06. The highest BCUT2D eigenvalue weighted by atomic mass is 32.1. The van der Waals surface area contributed by atoms with E-state index in [1.807, 2.05) is 13.8 Å². The number of benzene rings is 1. The Morgan fingerprint density at radius 2 is 1.78 bits per heavy atom. The number of nitrogens with one attached hydrogen (secondary N) is 2. The first-order valence-corrected chi connectivity index (χ1v) is 11.7. The van der Waals surface area contributed by atoms with Crippen molar-refractivity contribution in [3.63, 3.8) is 0 Å². The van der Waals surface area contributed by atoms with Crippen molar-refractivity contribution in [2.45, 2.75) is 33.4 Å². The molecule has 0 aliphatic rings. The highest BCUT2D eigenvalue weighted by molar-refractivity contribution is 7.15. The molecule has 2 rings (SSSR count). The van der Waals surface area contributed by atoms with Crippen LogP contribution in [0.2, 0.25) is 0 Å². The van der Waals surface area contributed by atoms with E-state index in [1.54, 1.807) is 12.3 Å². The summed E-state index contributed by atoms with van der Waals surface area (Å²) in [5, 5.41) is 7.01. The fourth-order valence-corrected chi connectivity index (χ4v) is 3.94. The monoisotopic (exact) mass is 526 g/mol. The summed E-state index contributed by atoms with van der Waals surface area (Å²) in [6, 6.07) is 5.71. The van der Waals surface area contributed by atoms with Crippen LogP contribution in [-0.2, 0) is 25.5 Å². The maximum absolute atomic E-state index is 12.5. The van der Waals surface area contributed by atoms with E-state index in [9.17, 15) is 32.3 Å². The van der Waals surface area contributed by atoms with E-state index < -0.39 is 36.4 Å². The van der Waals surface area contributed by atoms with Gasteiger partial charge in [-0.2, -0.15) is 13.2 Å². The Labute approximate surface area is 209 Å². The van der Waals surface area contributed by atoms with Crippen LogP contribution in [0.25, 0.3) is 0 Å². The molecule has 0 aliphatic heterocycles. The highest BCUT2D eigenvalue weighted by Crippen LogP contribution is 2.31. The van der Waals surface area contributed by atoms with Crippen LogP contribution < -0.4 is 10.6 Å². The molecule has 36 heavy (non-hydrogen) atoms. The summed E-state index contributed by atoms with van der Waals surface area (Å²) in [6.45, 7) is 5.12. The second-order valence-corrected chi connectivity index (χ2v) is 8.67. The van der Waals surface area contributed by atoms with Gasteiger partial charge in [-0.25, -0.2) is 9.59 Å². The highest BCUT2D eigenvalue weighted by Gasteiger charge is 2.36. The predicted molar refractivity (Wildman–Crippen MR) is 128 cm³/mol. The lowest BCUT2D eigenvalue weighted by atomic mass is 10.0. The van der Waals surface area contributed by atoms with Crippen molar-refractivity contribution >= 4 is 45.7 Å². The number of amides is 1. The van der Waals surface area contributed by atoms with Crippen LogP contribution >= 0.6 is 11.3 Å². The van der Waals surface area contributed by atoms with Crippen LogP contribution in [0.15, 0.2) is 41.9 Å². The van der Waals surface area contributed by atoms with Gasteiger partial charge in [-0.1, -0.05) is 26.0 Å². The van der Waals surface area contributed by atoms with Crippen LogP contribution in [0.4, 0.5) is 23.9 Å². The SMILES string of the molecule is CCOC(=O)c1c(CC(C)C)csc1NC(=O)COC(=O)c1ccccc1N/C=C/C(=O)C(F)(F)F. The largest absolute Gasteiger partial charge is 0.462 e. The number of thiophene rings is 1. The van der Waals surface area contributed by atoms with Crippen molar-refractivity contribution in [1.29, 1.82) is 0 Å². The smallest absolute Gasteiger partial charge is 0.454 e. The van der Waals surface area contributed by atoms with Gasteiger partial charge in [0.25, 0.3) is 11.7 Å². The second kappa shape index (κ2) is 12.9. The Morgan fingerprint density at radius 1 is 1.08 bits per heavy atom. The van der Waals surface area contributed by atoms with Crippen molar-refractivity contribution in [2.24, 2.45) is 5.92 Å². The maximum Gasteiger partial charge on any atom is 0.454 e. The van der Waals surface area contributed by atoms with Gasteiger partial charge in [0.15, 0.2) is 6.61 Å². The quantitative estimate of drug-likeness (QED) is 0.314. The second-order valence-electron chi connectivity index (χ2n) is 7.79. The number of halogens is 3. The zero-order chi connectivity index (χ0) is 26.9. The van der Waals surface area contributed by atoms with E-state index in [1.165, 1.54) is 24.3 Å². The number of carbonyl (C=O) groups is 4. The van der Waals surface area contributed by atoms with Gasteiger partial charge in [0, 0.05) is 12.3 Å². The molecule has 1 amide bonds. The van der Waals surface area contributed by atoms with Crippen molar-refractivity contribution < 1.29 is 41.8 Å². The van der Waals surface area contributed by atoms with E-state index in [4.69, 9.17) is 9.47 Å². The molecule has 0 radical (unpaired) electrons. The summed E-state index contributed by atoms with van der Waals surface area (Å²) in [5.74, 6) is -4.01. The van der Waals surface area contributed by atoms with Gasteiger partial charge in [0.1, 0.15) is 5.00 Å². The van der Waals surface area contributed by atoms with Gasteiger partial charge >= 0.3 is 18.1 Å². The number of hydrogen-bond donors (Lipinski definition) is 2. The predicted octanol–water partition coefficient (Wildman–Crippen LogP) is 4.98. The molecule has 0 spiro atoms. The molecule has 1 heterocycles. The van der Waals surface area contributed by atoms with Crippen molar-refractivity contribution in [1.82, 2.24) is 0 Å². The fourth-order valence-electron chi connectivity index (χ4n) is 2.96. The molecular weight excluding hydrogens is 501 g/mol. The minimum absolute atomic E-state index is 0.0651. The molecule has 2 aromatic rings. The molecule has 0 bridgehead atoms. The molecule has 1 aromatic carbocycles. The molecule has 0 atom stereocenters. The summed E-state index contributed by atoms with van der Waals surface area (Å²) < 4.78 is 47.1. The molecule has 0 unspecified atom stereocenters. The average Bonchev–Trinajstić information content (AvgIpc) is 3.18. The topological polar surface area (TPSA) is 111 Å². The molecule has 0 aliphatic carbocycles. The number of rotatable bonds is 11. The van der Waals surface area contributed by atoms with E-state index in [2.05, 4.69) is 10.6 Å². The first kappa shape index (κ1) is 28.6. The number of carbonyl (C=O) groups excluding carboxylic acids is 4. The first-order chi connectivity index (χ1) is 16.9. The normalized spacial score (nSPS) is 11.4. The minimum Gasteiger partial charge on any atom is -0.462 e. The van der Waals surface area contributed by atoms with Gasteiger partial charge in [-0.15, -0.1) is 11.3 Å². The van der Waals surface area contributed by atoms with Crippen LogP contribution in [0, 0.1) is 5.92 Å². The van der Waals surface area contributed by atoms with E-state index in [0.717, 1.165) is 23.1 Å². The maximum atomic E-state index is 12.5. The fraction of sp³-hybridized carbons (Fsp3) is 0.333. The van der Waals surface area contributed by atoms with Crippen LogP contribution in [0.5, 0.6) is 0 Å². The standard InChI is InChI=1S/C24H25F3N2O6S/c1-4-34-23(33)20-15(11-14(2)3)13-36-21(20)29-19(31)12-35-22(32)16-7-5-6-8-17(16)28-10-9-18(30)24(25,26)27/h5-10,13-14,28H,4,11-12H2,1-3H3,(H,29,31)/b10-9+. The number of alkyl halides is 3. The average molecular weight is 527 g/mol. The van der Waals surface area contributed by atoms with Crippen molar-refractivity contribution in [2.75, 3.05) is 23.8 Å². The van der Waals surface area contributed by atoms with Gasteiger partial charge < -0.3 is 20.1 Å². The third-order valence-electron chi connectivity index (χ3n) is 4.46. The number of anilines is 2. The Kier molecular flexibility index (Phi) is 10.2. The van der Waals surface area contributed by atoms with Gasteiger partial charge in [-0.05, 0) is 42.3 Å². The molecule has 0 saturated carbocycles. The Morgan fingerprint density at radius 3 is 2.42 bits per heavy atom. The summed E-state index contributed by atoms with van der Waals surface area (Å²) in [7, 11) is 0. The summed E-state index contributed by atoms with van der Waals surface area (Å²) >= 11 is 1.15. The molecule has 8 nitrogen and oxygen atoms in total. The zero-order valence-corrected chi connectivity index (χ0v) is 20.5. The number of ether oxygens (including phenoxy) is 2. The molecule has 12 heteroatoms. The van der Waals surface area contributed by atoms with Gasteiger partial charge in [0.2, 0.25) is 0 Å². The van der Waals surface area contributed by atoms with E-state index >= 15 is 0 Å². The lowest BCUT2D eigenvalue weighted by Gasteiger charge is -2.11. The van der Waals surface area contributed by atoms with Crippen LogP contribution in [-0.4, -0.2) is 43.0 Å². The van der Waals surface area contributed by atoms with Crippen molar-refractivity contribution in [3.05, 3.63) is 58.6 Å². The molecule has 1 aromatic heterocycles.